The van der Waals surface area contributed by atoms with E-state index >= 15 is 0 Å². The number of nitrogens with zero attached hydrogens (tertiary/aromatic N) is 1. The molecule has 0 radical (unpaired) electrons. The summed E-state index contributed by atoms with van der Waals surface area (Å²) in [5, 5.41) is 3.14. The van der Waals surface area contributed by atoms with Crippen molar-refractivity contribution >= 4 is 11.6 Å². The molecule has 1 fully saturated rings. The first-order valence-corrected chi connectivity index (χ1v) is 5.41. The molecule has 0 saturated carbocycles. The van der Waals surface area contributed by atoms with Crippen molar-refractivity contribution in [2.45, 2.75) is 13.0 Å². The number of nitrogens with one attached hydrogen (secondary N) is 1. The number of methoxy groups -OCH3 is 1. The summed E-state index contributed by atoms with van der Waals surface area (Å²) in [4.78, 5) is 13.7. The fraction of sp³-hybridized carbons (Fsp3) is 0.417. The zero-order valence-corrected chi connectivity index (χ0v) is 9.56. The number of hydrogen-bond donors (Lipinski definition) is 1. The first-order valence-electron chi connectivity index (χ1n) is 5.41. The quantitative estimate of drug-likeness (QED) is 0.809. The number of carbonyl (C=O) groups excluding carboxylic acids is 1. The second kappa shape index (κ2) is 4.53. The molecule has 1 aliphatic heterocycles. The van der Waals surface area contributed by atoms with Crippen molar-refractivity contribution in [1.82, 2.24) is 5.32 Å². The molecule has 1 saturated heterocycles. The average molecular weight is 220 g/mol. The van der Waals surface area contributed by atoms with Gasteiger partial charge < -0.3 is 15.0 Å². The largest absolute Gasteiger partial charge is 0.497 e. The maximum atomic E-state index is 11.9. The smallest absolute Gasteiger partial charge is 0.243 e. The Kier molecular flexibility index (Phi) is 3.10. The Morgan fingerprint density at radius 2 is 2.31 bits per heavy atom. The van der Waals surface area contributed by atoms with Gasteiger partial charge in [0.1, 0.15) is 5.75 Å². The molecule has 0 unspecified atom stereocenters. The van der Waals surface area contributed by atoms with Crippen LogP contribution in [0.25, 0.3) is 0 Å². The normalized spacial score (nSPS) is 21.0. The maximum absolute atomic E-state index is 11.9. The third-order valence-electron chi connectivity index (χ3n) is 2.79. The van der Waals surface area contributed by atoms with Gasteiger partial charge >= 0.3 is 0 Å². The highest BCUT2D eigenvalue weighted by atomic mass is 16.5. The second-order valence-corrected chi connectivity index (χ2v) is 3.87. The summed E-state index contributed by atoms with van der Waals surface area (Å²) in [6.07, 6.45) is 0. The molecule has 1 aromatic rings. The number of benzene rings is 1. The Morgan fingerprint density at radius 1 is 1.50 bits per heavy atom. The molecule has 1 N–H and O–H groups in total. The second-order valence-electron chi connectivity index (χ2n) is 3.87. The van der Waals surface area contributed by atoms with E-state index in [9.17, 15) is 4.79 Å². The minimum absolute atomic E-state index is 0.111. The highest BCUT2D eigenvalue weighted by molar-refractivity contribution is 5.97. The van der Waals surface area contributed by atoms with Crippen LogP contribution in [-0.4, -0.2) is 32.1 Å². The number of ether oxygens (including phenoxy) is 1. The van der Waals surface area contributed by atoms with E-state index in [0.29, 0.717) is 6.54 Å². The number of rotatable bonds is 2. The summed E-state index contributed by atoms with van der Waals surface area (Å²) in [7, 11) is 1.63. The molecular formula is C12H16N2O2. The van der Waals surface area contributed by atoms with E-state index in [0.717, 1.165) is 18.0 Å². The lowest BCUT2D eigenvalue weighted by atomic mass is 10.2. The topological polar surface area (TPSA) is 41.6 Å². The lowest BCUT2D eigenvalue weighted by molar-refractivity contribution is -0.121. The first-order chi connectivity index (χ1) is 7.72. The summed E-state index contributed by atoms with van der Waals surface area (Å²) in [6, 6.07) is 7.47. The molecule has 2 rings (SSSR count). The number of anilines is 1. The van der Waals surface area contributed by atoms with Crippen LogP contribution in [-0.2, 0) is 4.79 Å². The number of amides is 1. The maximum Gasteiger partial charge on any atom is 0.243 e. The minimum Gasteiger partial charge on any atom is -0.497 e. The van der Waals surface area contributed by atoms with Gasteiger partial charge in [0.05, 0.1) is 13.2 Å². The number of piperazine rings is 1. The predicted octanol–water partition coefficient (Wildman–Crippen LogP) is 1.02. The van der Waals surface area contributed by atoms with Gasteiger partial charge in [-0.2, -0.15) is 0 Å². The Hall–Kier alpha value is -1.55. The SMILES string of the molecule is COc1cccc(N2CCN[C@H](C)C2=O)c1. The fourth-order valence-electron chi connectivity index (χ4n) is 1.86. The predicted molar refractivity (Wildman–Crippen MR) is 62.8 cm³/mol. The third-order valence-corrected chi connectivity index (χ3v) is 2.79. The Labute approximate surface area is 95.2 Å². The Bertz CT molecular complexity index is 392. The number of carbonyl (C=O) groups is 1. The van der Waals surface area contributed by atoms with Crippen LogP contribution in [0.3, 0.4) is 0 Å². The molecule has 4 nitrogen and oxygen atoms in total. The van der Waals surface area contributed by atoms with Gasteiger partial charge in [-0.3, -0.25) is 4.79 Å². The molecule has 1 atom stereocenters. The van der Waals surface area contributed by atoms with Crippen LogP contribution >= 0.6 is 0 Å². The molecule has 86 valence electrons. The lowest BCUT2D eigenvalue weighted by Crippen LogP contribution is -2.53. The van der Waals surface area contributed by atoms with Crippen LogP contribution in [0.1, 0.15) is 6.92 Å². The molecule has 1 heterocycles. The Balaban J connectivity index is 2.25. The standard InChI is InChI=1S/C12H16N2O2/c1-9-12(15)14(7-6-13-9)10-4-3-5-11(8-10)16-2/h3-5,8-9,13H,6-7H2,1-2H3/t9-/m1/s1. The molecule has 4 heteroatoms. The molecular weight excluding hydrogens is 204 g/mol. The lowest BCUT2D eigenvalue weighted by Gasteiger charge is -2.31. The van der Waals surface area contributed by atoms with E-state index in [4.69, 9.17) is 4.74 Å². The molecule has 0 spiro atoms. The van der Waals surface area contributed by atoms with Gasteiger partial charge in [0.2, 0.25) is 5.91 Å². The highest BCUT2D eigenvalue weighted by Crippen LogP contribution is 2.22. The summed E-state index contributed by atoms with van der Waals surface area (Å²) in [6.45, 7) is 3.41. The van der Waals surface area contributed by atoms with Crippen LogP contribution < -0.4 is 15.0 Å². The zero-order chi connectivity index (χ0) is 11.5. The van der Waals surface area contributed by atoms with E-state index in [2.05, 4.69) is 5.32 Å². The van der Waals surface area contributed by atoms with Crippen molar-refractivity contribution in [3.8, 4) is 5.75 Å². The van der Waals surface area contributed by atoms with E-state index in [1.807, 2.05) is 31.2 Å². The van der Waals surface area contributed by atoms with Crippen molar-refractivity contribution in [2.24, 2.45) is 0 Å². The Morgan fingerprint density at radius 3 is 3.06 bits per heavy atom. The molecule has 0 bridgehead atoms. The van der Waals surface area contributed by atoms with E-state index in [1.165, 1.54) is 0 Å². The molecule has 0 aromatic heterocycles. The average Bonchev–Trinajstić information content (AvgIpc) is 2.33. The van der Waals surface area contributed by atoms with Crippen molar-refractivity contribution in [2.75, 3.05) is 25.1 Å². The molecule has 1 aliphatic rings. The fourth-order valence-corrected chi connectivity index (χ4v) is 1.86. The van der Waals surface area contributed by atoms with Gasteiger partial charge in [0, 0.05) is 24.8 Å². The van der Waals surface area contributed by atoms with Gasteiger partial charge in [-0.15, -0.1) is 0 Å². The third kappa shape index (κ3) is 2.02. The minimum atomic E-state index is -0.111. The van der Waals surface area contributed by atoms with Crippen molar-refractivity contribution < 1.29 is 9.53 Å². The number of hydrogen-bond acceptors (Lipinski definition) is 3. The van der Waals surface area contributed by atoms with Gasteiger partial charge in [-0.05, 0) is 19.1 Å². The van der Waals surface area contributed by atoms with Crippen molar-refractivity contribution in [3.05, 3.63) is 24.3 Å². The van der Waals surface area contributed by atoms with Crippen LogP contribution in [0.15, 0.2) is 24.3 Å². The molecule has 1 amide bonds. The molecule has 0 aliphatic carbocycles. The van der Waals surface area contributed by atoms with Crippen LogP contribution in [0.5, 0.6) is 5.75 Å². The first kappa shape index (κ1) is 11.0. The zero-order valence-electron chi connectivity index (χ0n) is 9.56. The highest BCUT2D eigenvalue weighted by Gasteiger charge is 2.25. The van der Waals surface area contributed by atoms with E-state index in [1.54, 1.807) is 12.0 Å². The van der Waals surface area contributed by atoms with Gasteiger partial charge in [-0.1, -0.05) is 6.07 Å². The van der Waals surface area contributed by atoms with Crippen LogP contribution in [0.4, 0.5) is 5.69 Å². The summed E-state index contributed by atoms with van der Waals surface area (Å²) >= 11 is 0. The van der Waals surface area contributed by atoms with Crippen molar-refractivity contribution in [3.63, 3.8) is 0 Å². The van der Waals surface area contributed by atoms with Crippen LogP contribution in [0.2, 0.25) is 0 Å². The van der Waals surface area contributed by atoms with Gasteiger partial charge in [0.15, 0.2) is 0 Å². The van der Waals surface area contributed by atoms with Gasteiger partial charge in [0.25, 0.3) is 0 Å². The van der Waals surface area contributed by atoms with Crippen LogP contribution in [0, 0.1) is 0 Å². The summed E-state index contributed by atoms with van der Waals surface area (Å²) in [5.41, 5.74) is 0.901. The molecule has 16 heavy (non-hydrogen) atoms. The van der Waals surface area contributed by atoms with Crippen molar-refractivity contribution in [1.29, 1.82) is 0 Å². The van der Waals surface area contributed by atoms with E-state index < -0.39 is 0 Å². The van der Waals surface area contributed by atoms with E-state index in [-0.39, 0.29) is 11.9 Å². The monoisotopic (exact) mass is 220 g/mol. The summed E-state index contributed by atoms with van der Waals surface area (Å²) in [5.74, 6) is 0.885. The summed E-state index contributed by atoms with van der Waals surface area (Å²) < 4.78 is 5.15. The molecule has 1 aromatic carbocycles. The van der Waals surface area contributed by atoms with Gasteiger partial charge in [-0.25, -0.2) is 0 Å².